The van der Waals surface area contributed by atoms with Gasteiger partial charge in [-0.15, -0.1) is 0 Å². The van der Waals surface area contributed by atoms with Crippen molar-refractivity contribution in [2.45, 2.75) is 51.9 Å². The Morgan fingerprint density at radius 3 is 2.50 bits per heavy atom. The lowest BCUT2D eigenvalue weighted by atomic mass is 9.77. The maximum Gasteiger partial charge on any atom is 0.272 e. The number of fused-ring (bicyclic) bond motifs is 1. The number of benzene rings is 1. The molecule has 6 nitrogen and oxygen atoms in total. The molecule has 1 saturated heterocycles. The molecule has 0 radical (unpaired) electrons. The molecule has 194 valence electrons. The van der Waals surface area contributed by atoms with Crippen molar-refractivity contribution >= 4 is 27.1 Å². The van der Waals surface area contributed by atoms with Gasteiger partial charge >= 0.3 is 0 Å². The highest BCUT2D eigenvalue weighted by atomic mass is 32.2. The van der Waals surface area contributed by atoms with Gasteiger partial charge in [0.15, 0.2) is 17.3 Å². The maximum atomic E-state index is 14.1. The number of aromatic nitrogens is 1. The van der Waals surface area contributed by atoms with Crippen LogP contribution < -0.4 is 9.64 Å². The largest absolute Gasteiger partial charge is 0.484 e. The molecule has 0 atom stereocenters. The first-order valence-corrected chi connectivity index (χ1v) is 13.5. The second-order valence-electron chi connectivity index (χ2n) is 10.4. The molecule has 0 aliphatic carbocycles. The van der Waals surface area contributed by atoms with E-state index in [4.69, 9.17) is 4.74 Å². The molecule has 10 heteroatoms. The number of hydrogen-bond acceptors (Lipinski definition) is 6. The summed E-state index contributed by atoms with van der Waals surface area (Å²) >= 11 is 0. The van der Waals surface area contributed by atoms with Crippen LogP contribution in [0.25, 0.3) is 0 Å². The van der Waals surface area contributed by atoms with E-state index in [0.29, 0.717) is 29.8 Å². The summed E-state index contributed by atoms with van der Waals surface area (Å²) in [5, 5.41) is 0. The molecule has 0 N–H and O–H groups in total. The Balaban J connectivity index is 1.63. The van der Waals surface area contributed by atoms with Crippen molar-refractivity contribution in [1.82, 2.24) is 4.98 Å². The number of hydrogen-bond donors (Lipinski definition) is 0. The van der Waals surface area contributed by atoms with Crippen LogP contribution in [0.2, 0.25) is 0 Å². The van der Waals surface area contributed by atoms with Crippen molar-refractivity contribution < 1.29 is 31.1 Å². The van der Waals surface area contributed by atoms with Crippen LogP contribution in [-0.2, 0) is 15.3 Å². The lowest BCUT2D eigenvalue weighted by molar-refractivity contribution is 0.0798. The van der Waals surface area contributed by atoms with Crippen LogP contribution in [0.4, 0.5) is 24.7 Å². The Hall–Kier alpha value is -2.88. The molecule has 3 heterocycles. The summed E-state index contributed by atoms with van der Waals surface area (Å²) in [4.78, 5) is 19.0. The molecule has 2 aliphatic heterocycles. The number of nitrogens with zero attached hydrogens (tertiary/aromatic N) is 2. The minimum Gasteiger partial charge on any atom is -0.484 e. The summed E-state index contributed by atoms with van der Waals surface area (Å²) < 4.78 is 67.8. The van der Waals surface area contributed by atoms with Gasteiger partial charge in [0.05, 0.1) is 23.4 Å². The van der Waals surface area contributed by atoms with Gasteiger partial charge in [0, 0.05) is 29.2 Å². The third-order valence-electron chi connectivity index (χ3n) is 7.24. The van der Waals surface area contributed by atoms with E-state index in [1.807, 2.05) is 26.8 Å². The van der Waals surface area contributed by atoms with Crippen LogP contribution in [0.15, 0.2) is 42.7 Å². The molecular weight excluding hydrogens is 493 g/mol. The van der Waals surface area contributed by atoms with Gasteiger partial charge in [0.1, 0.15) is 22.3 Å². The molecule has 2 aromatic rings. The number of ether oxygens (including phenoxy) is 1. The highest BCUT2D eigenvalue weighted by Gasteiger charge is 2.41. The number of carbonyl (C=O) groups is 1. The lowest BCUT2D eigenvalue weighted by Crippen LogP contribution is -2.33. The molecule has 2 aliphatic rings. The van der Waals surface area contributed by atoms with E-state index in [1.165, 1.54) is 6.07 Å². The Morgan fingerprint density at radius 2 is 1.86 bits per heavy atom. The predicted octanol–water partition coefficient (Wildman–Crippen LogP) is 5.60. The molecule has 1 fully saturated rings. The van der Waals surface area contributed by atoms with Gasteiger partial charge in [-0.05, 0) is 42.0 Å². The number of anilines is 2. The first-order chi connectivity index (χ1) is 16.7. The lowest BCUT2D eigenvalue weighted by Gasteiger charge is -2.32. The minimum atomic E-state index is -3.03. The van der Waals surface area contributed by atoms with E-state index in [1.54, 1.807) is 17.0 Å². The number of alkyl halides is 2. The van der Waals surface area contributed by atoms with Crippen molar-refractivity contribution in [2.75, 3.05) is 23.0 Å². The summed E-state index contributed by atoms with van der Waals surface area (Å²) in [6.07, 6.45) is -0.685. The molecule has 0 amide bonds. The van der Waals surface area contributed by atoms with Gasteiger partial charge in [0.2, 0.25) is 0 Å². The Bertz CT molecular complexity index is 1310. The van der Waals surface area contributed by atoms with E-state index in [-0.39, 0.29) is 40.7 Å². The van der Waals surface area contributed by atoms with Crippen molar-refractivity contribution in [3.8, 4) is 5.75 Å². The average molecular weight is 523 g/mol. The Kier molecular flexibility index (Phi) is 6.70. The Morgan fingerprint density at radius 1 is 1.19 bits per heavy atom. The molecule has 0 spiro atoms. The monoisotopic (exact) mass is 522 g/mol. The fraction of sp³-hybridized carbons (Fsp3) is 0.462. The van der Waals surface area contributed by atoms with Crippen LogP contribution >= 0.6 is 0 Å². The zero-order chi connectivity index (χ0) is 26.5. The number of allylic oxidation sites excluding steroid dienone is 1. The van der Waals surface area contributed by atoms with Crippen LogP contribution in [0.1, 0.15) is 56.0 Å². The molecule has 0 saturated carbocycles. The van der Waals surface area contributed by atoms with Crippen LogP contribution in [0.3, 0.4) is 0 Å². The molecule has 36 heavy (non-hydrogen) atoms. The molecule has 4 rings (SSSR count). The second kappa shape index (κ2) is 9.21. The van der Waals surface area contributed by atoms with Crippen LogP contribution in [0.5, 0.6) is 5.75 Å². The van der Waals surface area contributed by atoms with E-state index >= 15 is 0 Å². The SMILES string of the molecule is C=C1N(c2cc(OCC(F)F)c(F)cn2)c2ccc(C(=O)CC3(C)CCS(=O)(=O)CC3)cc2C1(C)C. The summed E-state index contributed by atoms with van der Waals surface area (Å²) in [6, 6.07) is 6.53. The zero-order valence-electron chi connectivity index (χ0n) is 20.5. The predicted molar refractivity (Wildman–Crippen MR) is 131 cm³/mol. The van der Waals surface area contributed by atoms with Crippen molar-refractivity contribution in [3.63, 3.8) is 0 Å². The topological polar surface area (TPSA) is 76.6 Å². The first kappa shape index (κ1) is 26.2. The smallest absolute Gasteiger partial charge is 0.272 e. The normalized spacial score (nSPS) is 19.9. The van der Waals surface area contributed by atoms with Gasteiger partial charge in [0.25, 0.3) is 6.43 Å². The average Bonchev–Trinajstić information content (AvgIpc) is 3.01. The number of Topliss-reactive ketones (excluding diaryl/α,β-unsaturated/α-hetero) is 1. The third-order valence-corrected chi connectivity index (χ3v) is 8.90. The summed E-state index contributed by atoms with van der Waals surface area (Å²) in [7, 11) is -3.03. The molecule has 0 unspecified atom stereocenters. The van der Waals surface area contributed by atoms with Gasteiger partial charge < -0.3 is 4.74 Å². The standard InChI is InChI=1S/C26H29F3N2O4S/c1-16-25(2,3)18-11-17(21(32)13-26(4)7-9-36(33,34)10-8-26)5-6-20(18)31(16)24-12-22(19(27)14-30-24)35-15-23(28)29/h5-6,11-12,14,23H,1,7-10,13,15H2,2-4H3. The fourth-order valence-corrected chi connectivity index (χ4v) is 6.55. The highest BCUT2D eigenvalue weighted by molar-refractivity contribution is 7.91. The van der Waals surface area contributed by atoms with Crippen molar-refractivity contribution in [3.05, 3.63) is 59.7 Å². The molecule has 1 aromatic carbocycles. The number of sulfone groups is 1. The number of pyridine rings is 1. The Labute approximate surface area is 209 Å². The summed E-state index contributed by atoms with van der Waals surface area (Å²) in [5.41, 5.74) is 1.66. The van der Waals surface area contributed by atoms with Crippen molar-refractivity contribution in [2.24, 2.45) is 5.41 Å². The van der Waals surface area contributed by atoms with Gasteiger partial charge in [-0.3, -0.25) is 9.69 Å². The molecule has 0 bridgehead atoms. The second-order valence-corrected chi connectivity index (χ2v) is 12.7. The molecular formula is C26H29F3N2O4S. The van der Waals surface area contributed by atoms with Crippen molar-refractivity contribution in [1.29, 1.82) is 0 Å². The summed E-state index contributed by atoms with van der Waals surface area (Å²) in [6.45, 7) is 9.07. The fourth-order valence-electron chi connectivity index (χ4n) is 4.74. The highest BCUT2D eigenvalue weighted by Crippen LogP contribution is 2.51. The van der Waals surface area contributed by atoms with Gasteiger partial charge in [-0.1, -0.05) is 27.4 Å². The maximum absolute atomic E-state index is 14.1. The number of rotatable bonds is 7. The minimum absolute atomic E-state index is 0.0675. The van der Waals surface area contributed by atoms with Crippen LogP contribution in [-0.4, -0.2) is 43.7 Å². The van der Waals surface area contributed by atoms with Crippen LogP contribution in [0, 0.1) is 11.2 Å². The summed E-state index contributed by atoms with van der Waals surface area (Å²) in [5.74, 6) is -0.815. The van der Waals surface area contributed by atoms with Gasteiger partial charge in [-0.2, -0.15) is 0 Å². The van der Waals surface area contributed by atoms with E-state index < -0.39 is 34.1 Å². The number of carbonyl (C=O) groups excluding carboxylic acids is 1. The third kappa shape index (κ3) is 5.00. The number of ketones is 1. The first-order valence-electron chi connectivity index (χ1n) is 11.7. The number of halogens is 3. The quantitative estimate of drug-likeness (QED) is 0.441. The van der Waals surface area contributed by atoms with E-state index in [2.05, 4.69) is 11.6 Å². The zero-order valence-corrected chi connectivity index (χ0v) is 21.3. The molecule has 1 aromatic heterocycles. The van der Waals surface area contributed by atoms with E-state index in [9.17, 15) is 26.4 Å². The van der Waals surface area contributed by atoms with E-state index in [0.717, 1.165) is 11.8 Å². The van der Waals surface area contributed by atoms with Gasteiger partial charge in [-0.25, -0.2) is 26.6 Å².